The summed E-state index contributed by atoms with van der Waals surface area (Å²) >= 11 is 0. The number of hydrogen-bond donors (Lipinski definition) is 0. The maximum absolute atomic E-state index is 2.48. The Balaban J connectivity index is 0.000000530. The lowest BCUT2D eigenvalue weighted by Crippen LogP contribution is -2.35. The van der Waals surface area contributed by atoms with Crippen LogP contribution in [0.3, 0.4) is 0 Å². The summed E-state index contributed by atoms with van der Waals surface area (Å²) in [7, 11) is 0. The van der Waals surface area contributed by atoms with Crippen molar-refractivity contribution in [3.63, 3.8) is 0 Å². The molecule has 5 atom stereocenters. The molecule has 158 valence electrons. The smallest absolute Gasteiger partial charge is 0.0380 e. The number of fused-ring (bicyclic) bond motifs is 2. The van der Waals surface area contributed by atoms with Gasteiger partial charge in [-0.1, -0.05) is 105 Å². The zero-order chi connectivity index (χ0) is 18.5. The Morgan fingerprint density at radius 3 is 1.31 bits per heavy atom. The SMILES string of the molecule is C1CCCC1.CC.CC.CC1CCC2CC3CCCCCC3CC2C1.O. The topological polar surface area (TPSA) is 31.5 Å². The van der Waals surface area contributed by atoms with Gasteiger partial charge in [-0.3, -0.25) is 0 Å². The van der Waals surface area contributed by atoms with Gasteiger partial charge in [0.15, 0.2) is 0 Å². The molecule has 1 nitrogen and oxygen atoms in total. The first-order valence-corrected chi connectivity index (χ1v) is 12.3. The molecule has 0 aromatic carbocycles. The summed E-state index contributed by atoms with van der Waals surface area (Å²) < 4.78 is 0. The van der Waals surface area contributed by atoms with Crippen LogP contribution in [0.25, 0.3) is 0 Å². The van der Waals surface area contributed by atoms with E-state index in [2.05, 4.69) is 6.92 Å². The van der Waals surface area contributed by atoms with Crippen molar-refractivity contribution < 1.29 is 5.48 Å². The fraction of sp³-hybridized carbons (Fsp3) is 1.00. The normalized spacial score (nSPS) is 35.2. The molecule has 26 heavy (non-hydrogen) atoms. The van der Waals surface area contributed by atoms with Crippen LogP contribution in [0.2, 0.25) is 0 Å². The second kappa shape index (κ2) is 16.0. The van der Waals surface area contributed by atoms with E-state index in [4.69, 9.17) is 0 Å². The van der Waals surface area contributed by atoms with E-state index in [1.165, 1.54) is 57.8 Å². The molecule has 0 aromatic heterocycles. The fourth-order valence-corrected chi connectivity index (χ4v) is 5.90. The first-order chi connectivity index (χ1) is 12.3. The van der Waals surface area contributed by atoms with Gasteiger partial charge in [-0.05, 0) is 55.3 Å². The third-order valence-corrected chi connectivity index (χ3v) is 7.18. The minimum absolute atomic E-state index is 0. The van der Waals surface area contributed by atoms with Gasteiger partial charge in [-0.2, -0.15) is 0 Å². The van der Waals surface area contributed by atoms with Gasteiger partial charge >= 0.3 is 0 Å². The molecule has 5 unspecified atom stereocenters. The van der Waals surface area contributed by atoms with Gasteiger partial charge in [-0.15, -0.1) is 0 Å². The summed E-state index contributed by atoms with van der Waals surface area (Å²) in [5.41, 5.74) is 0. The minimum Gasteiger partial charge on any atom is -0.412 e. The summed E-state index contributed by atoms with van der Waals surface area (Å²) in [6.45, 7) is 10.5. The van der Waals surface area contributed by atoms with Crippen LogP contribution < -0.4 is 0 Å². The highest BCUT2D eigenvalue weighted by molar-refractivity contribution is 4.90. The van der Waals surface area contributed by atoms with E-state index >= 15 is 0 Å². The molecule has 4 fully saturated rings. The third-order valence-electron chi connectivity index (χ3n) is 7.18. The molecule has 0 bridgehead atoms. The van der Waals surface area contributed by atoms with E-state index in [-0.39, 0.29) is 5.48 Å². The maximum atomic E-state index is 2.48. The van der Waals surface area contributed by atoms with Crippen molar-refractivity contribution in [2.75, 3.05) is 0 Å². The lowest BCUT2D eigenvalue weighted by molar-refractivity contribution is 0.0560. The highest BCUT2D eigenvalue weighted by atomic mass is 16.0. The number of hydrogen-bond acceptors (Lipinski definition) is 0. The Bertz CT molecular complexity index is 289. The average Bonchev–Trinajstić information content (AvgIpc) is 3.17. The van der Waals surface area contributed by atoms with Crippen LogP contribution in [-0.2, 0) is 0 Å². The molecule has 0 spiro atoms. The lowest BCUT2D eigenvalue weighted by Gasteiger charge is -2.45. The molecule has 4 aliphatic rings. The predicted molar refractivity (Wildman–Crippen MR) is 119 cm³/mol. The maximum Gasteiger partial charge on any atom is -0.0380 e. The zero-order valence-corrected chi connectivity index (χ0v) is 19.0. The van der Waals surface area contributed by atoms with Gasteiger partial charge in [0.25, 0.3) is 0 Å². The largest absolute Gasteiger partial charge is 0.412 e. The van der Waals surface area contributed by atoms with Crippen LogP contribution >= 0.6 is 0 Å². The molecule has 0 heterocycles. The molecule has 0 saturated heterocycles. The Morgan fingerprint density at radius 1 is 0.423 bits per heavy atom. The molecule has 0 aromatic rings. The van der Waals surface area contributed by atoms with Crippen molar-refractivity contribution in [1.82, 2.24) is 0 Å². The van der Waals surface area contributed by atoms with Gasteiger partial charge in [0.1, 0.15) is 0 Å². The molecule has 0 radical (unpaired) electrons. The Hall–Kier alpha value is -0.0400. The van der Waals surface area contributed by atoms with Gasteiger partial charge in [0.2, 0.25) is 0 Å². The standard InChI is InChI=1S/C16H28.C5H10.2C2H6.H2O/c1-12-7-8-15-10-13-5-3-2-4-6-14(13)11-16(15)9-12;1-2-4-5-3-1;2*1-2;/h12-16H,2-11H2,1H3;1-5H2;2*1-2H3;1H2. The lowest BCUT2D eigenvalue weighted by atomic mass is 9.61. The summed E-state index contributed by atoms with van der Waals surface area (Å²) in [6, 6.07) is 0. The van der Waals surface area contributed by atoms with Crippen molar-refractivity contribution in [3.8, 4) is 0 Å². The molecule has 4 aliphatic carbocycles. The summed E-state index contributed by atoms with van der Waals surface area (Å²) in [6.07, 6.45) is 23.1. The highest BCUT2D eigenvalue weighted by Gasteiger charge is 2.39. The monoisotopic (exact) mass is 368 g/mol. The number of rotatable bonds is 0. The van der Waals surface area contributed by atoms with Crippen molar-refractivity contribution >= 4 is 0 Å². The Kier molecular flexibility index (Phi) is 15.9. The molecule has 4 rings (SSSR count). The van der Waals surface area contributed by atoms with Crippen molar-refractivity contribution in [2.45, 2.75) is 131 Å². The second-order valence-corrected chi connectivity index (χ2v) is 8.84. The summed E-state index contributed by atoms with van der Waals surface area (Å²) in [5.74, 6) is 5.56. The quantitative estimate of drug-likeness (QED) is 0.412. The fourth-order valence-electron chi connectivity index (χ4n) is 5.90. The first-order valence-electron chi connectivity index (χ1n) is 12.3. The average molecular weight is 369 g/mol. The van der Waals surface area contributed by atoms with Gasteiger partial charge < -0.3 is 5.48 Å². The van der Waals surface area contributed by atoms with Crippen molar-refractivity contribution in [1.29, 1.82) is 0 Å². The van der Waals surface area contributed by atoms with E-state index in [0.717, 1.165) is 29.6 Å². The van der Waals surface area contributed by atoms with Gasteiger partial charge in [0.05, 0.1) is 0 Å². The van der Waals surface area contributed by atoms with Gasteiger partial charge in [0, 0.05) is 0 Å². The third kappa shape index (κ3) is 8.77. The molecule has 2 N–H and O–H groups in total. The van der Waals surface area contributed by atoms with Crippen LogP contribution in [0.1, 0.15) is 131 Å². The van der Waals surface area contributed by atoms with E-state index in [1.54, 1.807) is 38.5 Å². The highest BCUT2D eigenvalue weighted by Crippen LogP contribution is 2.50. The molecule has 1 heteroatoms. The van der Waals surface area contributed by atoms with E-state index < -0.39 is 0 Å². The van der Waals surface area contributed by atoms with Crippen LogP contribution in [-0.4, -0.2) is 5.48 Å². The van der Waals surface area contributed by atoms with Crippen LogP contribution in [0.15, 0.2) is 0 Å². The van der Waals surface area contributed by atoms with Crippen LogP contribution in [0.5, 0.6) is 0 Å². The molecular weight excluding hydrogens is 316 g/mol. The Labute approximate surface area is 166 Å². The second-order valence-electron chi connectivity index (χ2n) is 8.84. The van der Waals surface area contributed by atoms with Crippen LogP contribution in [0, 0.1) is 29.6 Å². The van der Waals surface area contributed by atoms with E-state index in [9.17, 15) is 0 Å². The Morgan fingerprint density at radius 2 is 0.808 bits per heavy atom. The molecule has 0 amide bonds. The van der Waals surface area contributed by atoms with Crippen LogP contribution in [0.4, 0.5) is 0 Å². The first kappa shape index (κ1) is 26.0. The minimum atomic E-state index is 0. The van der Waals surface area contributed by atoms with Crippen molar-refractivity contribution in [2.24, 2.45) is 29.6 Å². The summed E-state index contributed by atoms with van der Waals surface area (Å²) in [4.78, 5) is 0. The predicted octanol–water partition coefficient (Wildman–Crippen LogP) is 8.21. The van der Waals surface area contributed by atoms with Crippen molar-refractivity contribution in [3.05, 3.63) is 0 Å². The van der Waals surface area contributed by atoms with E-state index in [0.29, 0.717) is 0 Å². The van der Waals surface area contributed by atoms with Gasteiger partial charge in [-0.25, -0.2) is 0 Å². The molecule has 0 aliphatic heterocycles. The van der Waals surface area contributed by atoms with E-state index in [1.807, 2.05) is 27.7 Å². The molecule has 4 saturated carbocycles. The zero-order valence-electron chi connectivity index (χ0n) is 19.0. The summed E-state index contributed by atoms with van der Waals surface area (Å²) in [5, 5.41) is 0. The molecular formula is C25H52O.